The molecule has 0 aliphatic carbocycles. The quantitative estimate of drug-likeness (QED) is 0.850. The standard InChI is InChI=1S/C9H8BrNS.C2H6O/c1-2-6-5-7(9(11)12)3-4-8(6)10;1-3-2/h2-5H,1H2,(H2,11,12);1-2H3. The molecule has 4 heteroatoms. The van der Waals surface area contributed by atoms with Crippen molar-refractivity contribution >= 4 is 39.2 Å². The van der Waals surface area contributed by atoms with Crippen molar-refractivity contribution in [2.45, 2.75) is 0 Å². The average Bonchev–Trinajstić information content (AvgIpc) is 2.19. The molecule has 0 aromatic heterocycles. The number of hydrogen-bond donors (Lipinski definition) is 1. The van der Waals surface area contributed by atoms with Gasteiger partial charge in [0.2, 0.25) is 0 Å². The van der Waals surface area contributed by atoms with Crippen LogP contribution in [-0.2, 0) is 4.74 Å². The summed E-state index contributed by atoms with van der Waals surface area (Å²) in [6, 6.07) is 5.68. The molecule has 0 aliphatic rings. The summed E-state index contributed by atoms with van der Waals surface area (Å²) in [4.78, 5) is 0.408. The van der Waals surface area contributed by atoms with Crippen molar-refractivity contribution in [3.63, 3.8) is 0 Å². The van der Waals surface area contributed by atoms with Gasteiger partial charge in [-0.3, -0.25) is 0 Å². The number of halogens is 1. The van der Waals surface area contributed by atoms with Gasteiger partial charge in [0.05, 0.1) is 0 Å². The van der Waals surface area contributed by atoms with Gasteiger partial charge in [-0.05, 0) is 17.7 Å². The van der Waals surface area contributed by atoms with Gasteiger partial charge in [-0.1, -0.05) is 46.9 Å². The predicted octanol–water partition coefficient (Wildman–Crippen LogP) is 2.99. The third kappa shape index (κ3) is 5.06. The highest BCUT2D eigenvalue weighted by molar-refractivity contribution is 9.10. The molecule has 0 amide bonds. The van der Waals surface area contributed by atoms with Crippen molar-refractivity contribution in [2.24, 2.45) is 5.73 Å². The van der Waals surface area contributed by atoms with E-state index in [2.05, 4.69) is 27.2 Å². The number of benzene rings is 1. The molecule has 0 atom stereocenters. The molecule has 0 saturated heterocycles. The van der Waals surface area contributed by atoms with E-state index < -0.39 is 0 Å². The predicted molar refractivity (Wildman–Crippen MR) is 73.1 cm³/mol. The SMILES string of the molecule is C=Cc1cc(C(N)=S)ccc1Br.COC. The molecule has 0 aliphatic heterocycles. The molecule has 2 N–H and O–H groups in total. The van der Waals surface area contributed by atoms with Crippen LogP contribution in [0.2, 0.25) is 0 Å². The molecule has 0 radical (unpaired) electrons. The van der Waals surface area contributed by atoms with Gasteiger partial charge in [0, 0.05) is 24.3 Å². The van der Waals surface area contributed by atoms with Crippen molar-refractivity contribution in [3.8, 4) is 0 Å². The normalized spacial score (nSPS) is 8.73. The lowest BCUT2D eigenvalue weighted by Crippen LogP contribution is -2.09. The third-order valence-electron chi connectivity index (χ3n) is 1.50. The van der Waals surface area contributed by atoms with E-state index in [1.807, 2.05) is 18.2 Å². The second-order valence-electron chi connectivity index (χ2n) is 2.71. The first kappa shape index (κ1) is 14.3. The molecule has 82 valence electrons. The minimum atomic E-state index is 0.408. The van der Waals surface area contributed by atoms with Gasteiger partial charge in [0.25, 0.3) is 0 Å². The Bertz CT molecular complexity index is 352. The van der Waals surface area contributed by atoms with E-state index in [-0.39, 0.29) is 0 Å². The second-order valence-corrected chi connectivity index (χ2v) is 4.01. The van der Waals surface area contributed by atoms with E-state index in [9.17, 15) is 0 Å². The van der Waals surface area contributed by atoms with Crippen molar-refractivity contribution in [3.05, 3.63) is 40.4 Å². The molecule has 0 spiro atoms. The van der Waals surface area contributed by atoms with Crippen LogP contribution in [0.4, 0.5) is 0 Å². The molecule has 15 heavy (non-hydrogen) atoms. The van der Waals surface area contributed by atoms with E-state index in [4.69, 9.17) is 18.0 Å². The van der Waals surface area contributed by atoms with Gasteiger partial charge < -0.3 is 10.5 Å². The van der Waals surface area contributed by atoms with Gasteiger partial charge in [-0.25, -0.2) is 0 Å². The van der Waals surface area contributed by atoms with Crippen molar-refractivity contribution < 1.29 is 4.74 Å². The fourth-order valence-corrected chi connectivity index (χ4v) is 1.39. The largest absolute Gasteiger partial charge is 0.389 e. The van der Waals surface area contributed by atoms with Gasteiger partial charge in [-0.15, -0.1) is 0 Å². The van der Waals surface area contributed by atoms with Crippen LogP contribution in [0.3, 0.4) is 0 Å². The van der Waals surface area contributed by atoms with Crippen LogP contribution in [0.15, 0.2) is 29.3 Å². The third-order valence-corrected chi connectivity index (χ3v) is 2.46. The molecule has 0 unspecified atom stereocenters. The Kier molecular flexibility index (Phi) is 7.21. The summed E-state index contributed by atoms with van der Waals surface area (Å²) >= 11 is 8.23. The van der Waals surface area contributed by atoms with E-state index >= 15 is 0 Å². The molecule has 0 bridgehead atoms. The van der Waals surface area contributed by atoms with Crippen LogP contribution >= 0.6 is 28.1 Å². The van der Waals surface area contributed by atoms with E-state index in [0.29, 0.717) is 4.99 Å². The van der Waals surface area contributed by atoms with Crippen LogP contribution in [0, 0.1) is 0 Å². The number of thiocarbonyl (C=S) groups is 1. The summed E-state index contributed by atoms with van der Waals surface area (Å²) in [5.41, 5.74) is 7.33. The Labute approximate surface area is 104 Å². The Morgan fingerprint density at radius 1 is 1.53 bits per heavy atom. The lowest BCUT2D eigenvalue weighted by atomic mass is 10.1. The molecule has 1 aromatic carbocycles. The number of nitrogens with two attached hydrogens (primary N) is 1. The Balaban J connectivity index is 0.000000583. The maximum absolute atomic E-state index is 5.47. The smallest absolute Gasteiger partial charge is 0.104 e. The maximum Gasteiger partial charge on any atom is 0.104 e. The van der Waals surface area contributed by atoms with Crippen LogP contribution in [0.1, 0.15) is 11.1 Å². The zero-order valence-electron chi connectivity index (χ0n) is 8.79. The van der Waals surface area contributed by atoms with Crippen LogP contribution in [0.5, 0.6) is 0 Å². The van der Waals surface area contributed by atoms with Crippen molar-refractivity contribution in [1.82, 2.24) is 0 Å². The Hall–Kier alpha value is -0.710. The van der Waals surface area contributed by atoms with Crippen LogP contribution in [-0.4, -0.2) is 19.2 Å². The molecule has 0 fully saturated rings. The number of methoxy groups -OCH3 is 1. The Morgan fingerprint density at radius 2 is 2.07 bits per heavy atom. The zero-order chi connectivity index (χ0) is 11.8. The minimum absolute atomic E-state index is 0.408. The summed E-state index contributed by atoms with van der Waals surface area (Å²) in [5, 5.41) is 0. The van der Waals surface area contributed by atoms with Gasteiger partial charge >= 0.3 is 0 Å². The number of ether oxygens (including phenoxy) is 1. The Morgan fingerprint density at radius 3 is 2.47 bits per heavy atom. The highest BCUT2D eigenvalue weighted by Crippen LogP contribution is 2.19. The van der Waals surface area contributed by atoms with Crippen LogP contribution in [0.25, 0.3) is 6.08 Å². The maximum atomic E-state index is 5.47. The van der Waals surface area contributed by atoms with E-state index in [1.54, 1.807) is 20.3 Å². The summed E-state index contributed by atoms with van der Waals surface area (Å²) in [7, 11) is 3.25. The summed E-state index contributed by atoms with van der Waals surface area (Å²) < 4.78 is 5.25. The molecule has 0 saturated carbocycles. The summed E-state index contributed by atoms with van der Waals surface area (Å²) in [5.74, 6) is 0. The molecular weight excluding hydrogens is 274 g/mol. The average molecular weight is 288 g/mol. The van der Waals surface area contributed by atoms with Crippen LogP contribution < -0.4 is 5.73 Å². The fraction of sp³-hybridized carbons (Fsp3) is 0.182. The molecule has 1 aromatic rings. The summed E-state index contributed by atoms with van der Waals surface area (Å²) in [6.07, 6.45) is 1.76. The highest BCUT2D eigenvalue weighted by Gasteiger charge is 1.99. The highest BCUT2D eigenvalue weighted by atomic mass is 79.9. The fourth-order valence-electron chi connectivity index (χ4n) is 0.853. The summed E-state index contributed by atoms with van der Waals surface area (Å²) in [6.45, 7) is 3.68. The lowest BCUT2D eigenvalue weighted by molar-refractivity contribution is 0.277. The monoisotopic (exact) mass is 287 g/mol. The first-order valence-corrected chi connectivity index (χ1v) is 5.38. The zero-order valence-corrected chi connectivity index (χ0v) is 11.2. The van der Waals surface area contributed by atoms with Gasteiger partial charge in [0.1, 0.15) is 4.99 Å². The number of rotatable bonds is 2. The molecular formula is C11H14BrNOS. The molecule has 1 rings (SSSR count). The second kappa shape index (κ2) is 7.56. The van der Waals surface area contributed by atoms with Gasteiger partial charge in [-0.2, -0.15) is 0 Å². The lowest BCUT2D eigenvalue weighted by Gasteiger charge is -2.01. The minimum Gasteiger partial charge on any atom is -0.389 e. The van der Waals surface area contributed by atoms with Crippen molar-refractivity contribution in [1.29, 1.82) is 0 Å². The topological polar surface area (TPSA) is 35.2 Å². The van der Waals surface area contributed by atoms with E-state index in [1.165, 1.54) is 0 Å². The van der Waals surface area contributed by atoms with Crippen molar-refractivity contribution in [2.75, 3.05) is 14.2 Å². The van der Waals surface area contributed by atoms with Gasteiger partial charge in [0.15, 0.2) is 0 Å². The number of hydrogen-bond acceptors (Lipinski definition) is 2. The first-order valence-electron chi connectivity index (χ1n) is 4.18. The van der Waals surface area contributed by atoms with E-state index in [0.717, 1.165) is 15.6 Å². The molecule has 2 nitrogen and oxygen atoms in total. The molecule has 0 heterocycles. The first-order chi connectivity index (χ1) is 7.06.